The molecule has 0 saturated carbocycles. The van der Waals surface area contributed by atoms with Crippen molar-refractivity contribution in [1.82, 2.24) is 10.2 Å². The Kier molecular flexibility index (Phi) is 3.66. The van der Waals surface area contributed by atoms with Crippen molar-refractivity contribution < 1.29 is 8.42 Å². The first-order valence-electron chi connectivity index (χ1n) is 4.45. The van der Waals surface area contributed by atoms with Gasteiger partial charge in [-0.25, -0.2) is 13.6 Å². The molecule has 0 aromatic carbocycles. The molecule has 3 N–H and O–H groups in total. The zero-order chi connectivity index (χ0) is 9.90. The van der Waals surface area contributed by atoms with Gasteiger partial charge in [0.05, 0.1) is 5.25 Å². The maximum atomic E-state index is 10.9. The summed E-state index contributed by atoms with van der Waals surface area (Å²) >= 11 is 0. The van der Waals surface area contributed by atoms with Crippen molar-refractivity contribution in [3.63, 3.8) is 0 Å². The normalized spacial score (nSPS) is 22.9. The minimum Gasteiger partial charge on any atom is -0.314 e. The highest BCUT2D eigenvalue weighted by Crippen LogP contribution is 2.00. The highest BCUT2D eigenvalue weighted by molar-refractivity contribution is 7.89. The summed E-state index contributed by atoms with van der Waals surface area (Å²) in [5.74, 6) is 0. The van der Waals surface area contributed by atoms with Crippen LogP contribution in [0, 0.1) is 0 Å². The van der Waals surface area contributed by atoms with Crippen molar-refractivity contribution in [1.29, 1.82) is 0 Å². The van der Waals surface area contributed by atoms with Crippen LogP contribution in [0.15, 0.2) is 0 Å². The van der Waals surface area contributed by atoms with Gasteiger partial charge in [-0.1, -0.05) is 0 Å². The van der Waals surface area contributed by atoms with Gasteiger partial charge in [-0.05, 0) is 6.92 Å². The summed E-state index contributed by atoms with van der Waals surface area (Å²) < 4.78 is 21.9. The fourth-order valence-electron chi connectivity index (χ4n) is 1.36. The van der Waals surface area contributed by atoms with Crippen LogP contribution in [0.2, 0.25) is 0 Å². The van der Waals surface area contributed by atoms with E-state index in [4.69, 9.17) is 5.14 Å². The van der Waals surface area contributed by atoms with E-state index in [1.54, 1.807) is 6.92 Å². The number of nitrogens with zero attached hydrogens (tertiary/aromatic N) is 1. The summed E-state index contributed by atoms with van der Waals surface area (Å²) in [5.41, 5.74) is 0. The zero-order valence-corrected chi connectivity index (χ0v) is 8.68. The summed E-state index contributed by atoms with van der Waals surface area (Å²) in [6.45, 7) is 5.85. The highest BCUT2D eigenvalue weighted by Gasteiger charge is 2.20. The van der Waals surface area contributed by atoms with E-state index >= 15 is 0 Å². The predicted octanol–water partition coefficient (Wildman–Crippen LogP) is -1.43. The van der Waals surface area contributed by atoms with Crippen molar-refractivity contribution in [3.05, 3.63) is 0 Å². The fourth-order valence-corrected chi connectivity index (χ4v) is 1.78. The molecule has 0 spiro atoms. The number of primary sulfonamides is 1. The third-order valence-electron chi connectivity index (χ3n) is 2.29. The second-order valence-corrected chi connectivity index (χ2v) is 5.43. The Morgan fingerprint density at radius 2 is 2.00 bits per heavy atom. The number of piperazine rings is 1. The Labute approximate surface area is 79.3 Å². The molecule has 1 atom stereocenters. The van der Waals surface area contributed by atoms with Gasteiger partial charge in [0.2, 0.25) is 10.0 Å². The molecule has 1 unspecified atom stereocenters. The smallest absolute Gasteiger partial charge is 0.212 e. The van der Waals surface area contributed by atoms with Gasteiger partial charge >= 0.3 is 0 Å². The van der Waals surface area contributed by atoms with E-state index in [0.29, 0.717) is 6.54 Å². The lowest BCUT2D eigenvalue weighted by Gasteiger charge is -2.28. The first-order chi connectivity index (χ1) is 6.00. The SMILES string of the molecule is CC(CN1CCNCC1)S(N)(=O)=O. The van der Waals surface area contributed by atoms with Gasteiger partial charge in [0.15, 0.2) is 0 Å². The predicted molar refractivity (Wildman–Crippen MR) is 51.9 cm³/mol. The summed E-state index contributed by atoms with van der Waals surface area (Å²) in [4.78, 5) is 2.12. The van der Waals surface area contributed by atoms with Gasteiger partial charge in [0, 0.05) is 32.7 Å². The molecule has 0 aliphatic carbocycles. The summed E-state index contributed by atoms with van der Waals surface area (Å²) in [5, 5.41) is 7.76. The molecule has 5 nitrogen and oxygen atoms in total. The van der Waals surface area contributed by atoms with E-state index in [2.05, 4.69) is 10.2 Å². The number of nitrogens with one attached hydrogen (secondary N) is 1. The van der Waals surface area contributed by atoms with Gasteiger partial charge in [0.1, 0.15) is 0 Å². The van der Waals surface area contributed by atoms with Crippen molar-refractivity contribution in [2.75, 3.05) is 32.7 Å². The van der Waals surface area contributed by atoms with Gasteiger partial charge < -0.3 is 5.32 Å². The quantitative estimate of drug-likeness (QED) is 0.595. The first-order valence-corrected chi connectivity index (χ1v) is 6.06. The van der Waals surface area contributed by atoms with Crippen LogP contribution in [0.3, 0.4) is 0 Å². The molecule has 1 fully saturated rings. The van der Waals surface area contributed by atoms with Crippen LogP contribution in [0.25, 0.3) is 0 Å². The van der Waals surface area contributed by atoms with Gasteiger partial charge in [-0.3, -0.25) is 4.90 Å². The van der Waals surface area contributed by atoms with Crippen LogP contribution < -0.4 is 10.5 Å². The standard InChI is InChI=1S/C7H17N3O2S/c1-7(13(8,11)12)6-10-4-2-9-3-5-10/h7,9H,2-6H2,1H3,(H2,8,11,12). The zero-order valence-electron chi connectivity index (χ0n) is 7.86. The molecule has 1 aliphatic heterocycles. The average Bonchev–Trinajstić information content (AvgIpc) is 2.04. The highest BCUT2D eigenvalue weighted by atomic mass is 32.2. The van der Waals surface area contributed by atoms with Crippen LogP contribution in [-0.4, -0.2) is 51.3 Å². The van der Waals surface area contributed by atoms with Crippen LogP contribution in [0.4, 0.5) is 0 Å². The largest absolute Gasteiger partial charge is 0.314 e. The third kappa shape index (κ3) is 3.60. The number of hydrogen-bond acceptors (Lipinski definition) is 4. The van der Waals surface area contributed by atoms with E-state index < -0.39 is 15.3 Å². The summed E-state index contributed by atoms with van der Waals surface area (Å²) in [6.07, 6.45) is 0. The molecule has 78 valence electrons. The number of hydrogen-bond donors (Lipinski definition) is 2. The van der Waals surface area contributed by atoms with E-state index in [1.807, 2.05) is 0 Å². The Hall–Kier alpha value is -0.170. The molecule has 0 radical (unpaired) electrons. The minimum absolute atomic E-state index is 0.467. The third-order valence-corrected chi connectivity index (χ3v) is 3.56. The Bertz CT molecular complexity index is 246. The molecule has 1 rings (SSSR count). The number of sulfonamides is 1. The van der Waals surface area contributed by atoms with Crippen LogP contribution >= 0.6 is 0 Å². The van der Waals surface area contributed by atoms with Crippen molar-refractivity contribution in [3.8, 4) is 0 Å². The first kappa shape index (κ1) is 10.9. The second-order valence-electron chi connectivity index (χ2n) is 3.45. The van der Waals surface area contributed by atoms with Crippen molar-refractivity contribution in [2.45, 2.75) is 12.2 Å². The molecular weight excluding hydrogens is 190 g/mol. The molecular formula is C7H17N3O2S. The molecule has 1 aliphatic rings. The number of nitrogens with two attached hydrogens (primary N) is 1. The number of rotatable bonds is 3. The van der Waals surface area contributed by atoms with Crippen molar-refractivity contribution in [2.24, 2.45) is 5.14 Å². The van der Waals surface area contributed by atoms with Crippen LogP contribution in [0.1, 0.15) is 6.92 Å². The van der Waals surface area contributed by atoms with Crippen LogP contribution in [0.5, 0.6) is 0 Å². The molecule has 1 saturated heterocycles. The van der Waals surface area contributed by atoms with Gasteiger partial charge in [0.25, 0.3) is 0 Å². The lowest BCUT2D eigenvalue weighted by Crippen LogP contribution is -2.47. The maximum Gasteiger partial charge on any atom is 0.212 e. The van der Waals surface area contributed by atoms with Gasteiger partial charge in [-0.2, -0.15) is 0 Å². The Balaban J connectivity index is 2.39. The average molecular weight is 207 g/mol. The molecule has 1 heterocycles. The lowest BCUT2D eigenvalue weighted by atomic mass is 10.3. The maximum absolute atomic E-state index is 10.9. The van der Waals surface area contributed by atoms with E-state index in [9.17, 15) is 8.42 Å². The van der Waals surface area contributed by atoms with E-state index in [0.717, 1.165) is 26.2 Å². The minimum atomic E-state index is -3.36. The lowest BCUT2D eigenvalue weighted by molar-refractivity contribution is 0.242. The van der Waals surface area contributed by atoms with Gasteiger partial charge in [-0.15, -0.1) is 0 Å². The molecule has 13 heavy (non-hydrogen) atoms. The second kappa shape index (κ2) is 4.36. The molecule has 0 bridgehead atoms. The van der Waals surface area contributed by atoms with E-state index in [-0.39, 0.29) is 0 Å². The Morgan fingerprint density at radius 1 is 1.46 bits per heavy atom. The molecule has 0 amide bonds. The fraction of sp³-hybridized carbons (Fsp3) is 1.00. The summed E-state index contributed by atoms with van der Waals surface area (Å²) in [6, 6.07) is 0. The molecule has 0 aromatic rings. The topological polar surface area (TPSA) is 75.4 Å². The molecule has 6 heteroatoms. The monoisotopic (exact) mass is 207 g/mol. The van der Waals surface area contributed by atoms with Crippen LogP contribution in [-0.2, 0) is 10.0 Å². The Morgan fingerprint density at radius 3 is 2.46 bits per heavy atom. The van der Waals surface area contributed by atoms with Crippen molar-refractivity contribution >= 4 is 10.0 Å². The van der Waals surface area contributed by atoms with E-state index in [1.165, 1.54) is 0 Å². The molecule has 0 aromatic heterocycles. The summed E-state index contributed by atoms with van der Waals surface area (Å²) in [7, 11) is -3.36.